The Labute approximate surface area is 181 Å². The SMILES string of the molecule is CN(CC#N)CC(=O)OCCc1ccc([S+](c2ccccc2)c2ccccc2)cc1. The van der Waals surface area contributed by atoms with E-state index in [1.807, 2.05) is 18.2 Å². The summed E-state index contributed by atoms with van der Waals surface area (Å²) in [6.45, 7) is 0.673. The number of carbonyl (C=O) groups excluding carboxylic acids is 1. The highest BCUT2D eigenvalue weighted by molar-refractivity contribution is 7.97. The first-order valence-corrected chi connectivity index (χ1v) is 11.0. The number of carbonyl (C=O) groups is 1. The molecule has 5 heteroatoms. The second-order valence-corrected chi connectivity index (χ2v) is 8.90. The quantitative estimate of drug-likeness (QED) is 0.296. The van der Waals surface area contributed by atoms with Gasteiger partial charge in [-0.15, -0.1) is 0 Å². The lowest BCUT2D eigenvalue weighted by Crippen LogP contribution is -2.28. The fraction of sp³-hybridized carbons (Fsp3) is 0.200. The van der Waals surface area contributed by atoms with E-state index in [0.717, 1.165) is 5.56 Å². The summed E-state index contributed by atoms with van der Waals surface area (Å²) in [5, 5.41) is 8.64. The topological polar surface area (TPSA) is 53.3 Å². The molecule has 0 atom stereocenters. The Morgan fingerprint density at radius 2 is 1.43 bits per heavy atom. The van der Waals surface area contributed by atoms with Gasteiger partial charge in [0.1, 0.15) is 0 Å². The Bertz CT molecular complexity index is 930. The van der Waals surface area contributed by atoms with Crippen LogP contribution in [0.4, 0.5) is 0 Å². The fourth-order valence-corrected chi connectivity index (χ4v) is 5.12. The molecule has 3 rings (SSSR count). The van der Waals surface area contributed by atoms with Crippen LogP contribution in [-0.2, 0) is 26.8 Å². The summed E-state index contributed by atoms with van der Waals surface area (Å²) in [6.07, 6.45) is 0.665. The number of benzene rings is 3. The van der Waals surface area contributed by atoms with E-state index in [0.29, 0.717) is 13.0 Å². The summed E-state index contributed by atoms with van der Waals surface area (Å²) < 4.78 is 5.29. The molecule has 0 radical (unpaired) electrons. The van der Waals surface area contributed by atoms with Crippen molar-refractivity contribution in [3.8, 4) is 6.07 Å². The maximum atomic E-state index is 11.8. The molecule has 30 heavy (non-hydrogen) atoms. The number of esters is 1. The molecule has 0 aliphatic carbocycles. The average molecular weight is 418 g/mol. The Balaban J connectivity index is 1.65. The molecule has 0 saturated heterocycles. The van der Waals surface area contributed by atoms with Gasteiger partial charge in [-0.25, -0.2) is 0 Å². The number of ether oxygens (including phenoxy) is 1. The first-order chi connectivity index (χ1) is 14.7. The molecule has 3 aromatic rings. The summed E-state index contributed by atoms with van der Waals surface area (Å²) >= 11 is 0. The van der Waals surface area contributed by atoms with Crippen LogP contribution in [0.1, 0.15) is 5.56 Å². The second-order valence-electron chi connectivity index (χ2n) is 6.88. The van der Waals surface area contributed by atoms with Crippen molar-refractivity contribution in [1.82, 2.24) is 4.90 Å². The summed E-state index contributed by atoms with van der Waals surface area (Å²) in [5.74, 6) is -0.306. The highest BCUT2D eigenvalue weighted by atomic mass is 32.2. The van der Waals surface area contributed by atoms with Gasteiger partial charge in [0.25, 0.3) is 0 Å². The third-order valence-corrected chi connectivity index (χ3v) is 6.74. The van der Waals surface area contributed by atoms with Crippen LogP contribution in [0, 0.1) is 11.3 Å². The molecule has 0 fully saturated rings. The van der Waals surface area contributed by atoms with E-state index < -0.39 is 0 Å². The lowest BCUT2D eigenvalue weighted by atomic mass is 10.2. The van der Waals surface area contributed by atoms with Gasteiger partial charge in [0.15, 0.2) is 14.7 Å². The fourth-order valence-electron chi connectivity index (χ4n) is 3.04. The zero-order valence-corrected chi connectivity index (χ0v) is 17.8. The van der Waals surface area contributed by atoms with Crippen LogP contribution < -0.4 is 0 Å². The lowest BCUT2D eigenvalue weighted by Gasteiger charge is -2.12. The van der Waals surface area contributed by atoms with Crippen LogP contribution in [0.15, 0.2) is 99.6 Å². The molecule has 4 nitrogen and oxygen atoms in total. The van der Waals surface area contributed by atoms with E-state index in [4.69, 9.17) is 10.00 Å². The Kier molecular flexibility index (Phi) is 8.08. The number of hydrogen-bond acceptors (Lipinski definition) is 4. The molecule has 0 spiro atoms. The number of nitrogens with zero attached hydrogens (tertiary/aromatic N) is 2. The van der Waals surface area contributed by atoms with Gasteiger partial charge in [0, 0.05) is 6.42 Å². The van der Waals surface area contributed by atoms with E-state index >= 15 is 0 Å². The van der Waals surface area contributed by atoms with Gasteiger partial charge in [-0.2, -0.15) is 5.26 Å². The molecule has 0 heterocycles. The van der Waals surface area contributed by atoms with Gasteiger partial charge < -0.3 is 4.74 Å². The van der Waals surface area contributed by atoms with Crippen molar-refractivity contribution >= 4 is 16.9 Å². The molecule has 152 valence electrons. The maximum absolute atomic E-state index is 11.8. The predicted molar refractivity (Wildman–Crippen MR) is 119 cm³/mol. The molecule has 0 N–H and O–H groups in total. The summed E-state index contributed by atoms with van der Waals surface area (Å²) in [6, 6.07) is 31.7. The minimum Gasteiger partial charge on any atom is -0.464 e. The Morgan fingerprint density at radius 3 is 1.97 bits per heavy atom. The monoisotopic (exact) mass is 417 g/mol. The zero-order chi connectivity index (χ0) is 21.2. The van der Waals surface area contributed by atoms with E-state index in [9.17, 15) is 4.79 Å². The van der Waals surface area contributed by atoms with Crippen LogP contribution in [0.2, 0.25) is 0 Å². The smallest absolute Gasteiger partial charge is 0.320 e. The van der Waals surface area contributed by atoms with Crippen molar-refractivity contribution < 1.29 is 9.53 Å². The number of hydrogen-bond donors (Lipinski definition) is 0. The maximum Gasteiger partial charge on any atom is 0.320 e. The molecule has 3 aromatic carbocycles. The van der Waals surface area contributed by atoms with Crippen LogP contribution in [-0.4, -0.2) is 37.6 Å². The highest BCUT2D eigenvalue weighted by Gasteiger charge is 2.27. The third-order valence-electron chi connectivity index (χ3n) is 4.51. The summed E-state index contributed by atoms with van der Waals surface area (Å²) in [7, 11) is 1.56. The Morgan fingerprint density at radius 1 is 0.900 bits per heavy atom. The summed E-state index contributed by atoms with van der Waals surface area (Å²) in [4.78, 5) is 17.3. The standard InChI is InChI=1S/C25H25N2O2S/c1-27(18-17-26)20-25(28)29-19-16-21-12-14-24(15-13-21)30(22-8-4-2-5-9-22)23-10-6-3-7-11-23/h2-15H,16,18-20H2,1H3/q+1. The molecule has 0 bridgehead atoms. The molecular weight excluding hydrogens is 392 g/mol. The molecule has 0 saturated carbocycles. The molecule has 0 aliphatic rings. The van der Waals surface area contributed by atoms with Crippen molar-refractivity contribution in [2.24, 2.45) is 0 Å². The van der Waals surface area contributed by atoms with Crippen molar-refractivity contribution in [3.63, 3.8) is 0 Å². The molecular formula is C25H25N2O2S+. The number of nitriles is 1. The number of rotatable bonds is 9. The lowest BCUT2D eigenvalue weighted by molar-refractivity contribution is -0.144. The van der Waals surface area contributed by atoms with Gasteiger partial charge in [-0.3, -0.25) is 9.69 Å². The van der Waals surface area contributed by atoms with Crippen molar-refractivity contribution in [2.45, 2.75) is 21.1 Å². The molecule has 0 aromatic heterocycles. The van der Waals surface area contributed by atoms with E-state index in [1.54, 1.807) is 11.9 Å². The van der Waals surface area contributed by atoms with Crippen molar-refractivity contribution in [1.29, 1.82) is 5.26 Å². The first kappa shape index (κ1) is 21.6. The zero-order valence-electron chi connectivity index (χ0n) is 17.0. The largest absolute Gasteiger partial charge is 0.464 e. The van der Waals surface area contributed by atoms with E-state index in [2.05, 4.69) is 72.8 Å². The molecule has 0 amide bonds. The average Bonchev–Trinajstić information content (AvgIpc) is 2.77. The number of likely N-dealkylation sites (N-methyl/N-ethyl adjacent to an activating group) is 1. The summed E-state index contributed by atoms with van der Waals surface area (Å²) in [5.41, 5.74) is 1.13. The van der Waals surface area contributed by atoms with Gasteiger partial charge in [-0.1, -0.05) is 48.5 Å². The normalized spacial score (nSPS) is 10.7. The van der Waals surface area contributed by atoms with Gasteiger partial charge in [0.05, 0.1) is 36.7 Å². The van der Waals surface area contributed by atoms with Gasteiger partial charge in [-0.05, 0) is 49.0 Å². The van der Waals surface area contributed by atoms with E-state index in [-0.39, 0.29) is 30.0 Å². The van der Waals surface area contributed by atoms with Gasteiger partial charge >= 0.3 is 5.97 Å². The van der Waals surface area contributed by atoms with Crippen LogP contribution in [0.3, 0.4) is 0 Å². The third kappa shape index (κ3) is 6.21. The van der Waals surface area contributed by atoms with E-state index in [1.165, 1.54) is 14.7 Å². The van der Waals surface area contributed by atoms with Gasteiger partial charge in [0.2, 0.25) is 0 Å². The molecule has 0 unspecified atom stereocenters. The minimum absolute atomic E-state index is 0.128. The van der Waals surface area contributed by atoms with Crippen molar-refractivity contribution in [3.05, 3.63) is 90.5 Å². The van der Waals surface area contributed by atoms with Crippen LogP contribution in [0.25, 0.3) is 0 Å². The van der Waals surface area contributed by atoms with Crippen molar-refractivity contribution in [2.75, 3.05) is 26.7 Å². The minimum atomic E-state index is -0.306. The predicted octanol–water partition coefficient (Wildman–Crippen LogP) is 4.32. The van der Waals surface area contributed by atoms with Crippen LogP contribution in [0.5, 0.6) is 0 Å². The second kappa shape index (κ2) is 11.2. The first-order valence-electron chi connectivity index (χ1n) is 9.82. The molecule has 0 aliphatic heterocycles. The Hall–Kier alpha value is -3.07. The van der Waals surface area contributed by atoms with Crippen LogP contribution >= 0.6 is 0 Å². The highest BCUT2D eigenvalue weighted by Crippen LogP contribution is 2.31.